The first-order valence-electron chi connectivity index (χ1n) is 18.7. The van der Waals surface area contributed by atoms with E-state index >= 15 is 0 Å². The van der Waals surface area contributed by atoms with Crippen molar-refractivity contribution in [2.45, 2.75) is 52.4 Å². The van der Waals surface area contributed by atoms with E-state index in [9.17, 15) is 0 Å². The minimum atomic E-state index is 0.479. The van der Waals surface area contributed by atoms with Crippen LogP contribution in [-0.2, 0) is 19.8 Å². The molecule has 0 N–H and O–H groups in total. The second-order valence-electron chi connectivity index (χ2n) is 13.8. The van der Waals surface area contributed by atoms with Gasteiger partial charge in [-0.3, -0.25) is 4.90 Å². The first-order chi connectivity index (χ1) is 26.1. The molecule has 0 spiro atoms. The maximum absolute atomic E-state index is 6.29. The number of likely N-dealkylation sites (tertiary alicyclic amines) is 1. The molecule has 53 heavy (non-hydrogen) atoms. The average molecular weight is 711 g/mol. The molecule has 5 aromatic carbocycles. The lowest BCUT2D eigenvalue weighted by molar-refractivity contribution is 0.214. The smallest absolute Gasteiger partial charge is 0.120 e. The van der Waals surface area contributed by atoms with Gasteiger partial charge in [-0.25, -0.2) is 0 Å². The summed E-state index contributed by atoms with van der Waals surface area (Å²) in [6, 6.07) is 39.4. The number of ether oxygens (including phenoxy) is 5. The summed E-state index contributed by atoms with van der Waals surface area (Å²) < 4.78 is 31.7. The molecule has 7 nitrogen and oxygen atoms in total. The van der Waals surface area contributed by atoms with Crippen molar-refractivity contribution in [3.8, 4) is 40.0 Å². The van der Waals surface area contributed by atoms with Crippen LogP contribution in [0.2, 0.25) is 0 Å². The number of nitrogens with zero attached hydrogens (tertiary/aromatic N) is 2. The van der Waals surface area contributed by atoms with Gasteiger partial charge in [-0.15, -0.1) is 0 Å². The molecule has 0 aliphatic carbocycles. The fourth-order valence-electron chi connectivity index (χ4n) is 7.14. The molecule has 0 atom stereocenters. The third-order valence-electron chi connectivity index (χ3n) is 10.2. The largest absolute Gasteiger partial charge is 0.497 e. The van der Waals surface area contributed by atoms with Crippen LogP contribution in [0.25, 0.3) is 22.2 Å². The van der Waals surface area contributed by atoms with Gasteiger partial charge in [0, 0.05) is 24.0 Å². The molecule has 0 saturated carbocycles. The van der Waals surface area contributed by atoms with Gasteiger partial charge < -0.3 is 28.3 Å². The zero-order chi connectivity index (χ0) is 36.4. The fourth-order valence-corrected chi connectivity index (χ4v) is 7.14. The third kappa shape index (κ3) is 9.16. The van der Waals surface area contributed by atoms with Gasteiger partial charge in [0.05, 0.1) is 19.9 Å². The molecule has 2 heterocycles. The van der Waals surface area contributed by atoms with E-state index in [1.165, 1.54) is 61.0 Å². The Bertz CT molecular complexity index is 2040. The standard InChI is InChI=1S/C46H50N2O5/c1-34-44-30-43(53-33-37-12-18-40(50-3)19-13-37)24-25-45(44)48(31-35-8-20-41(21-9-35)51-29-28-47-26-6-4-5-7-27-47)46(34)38-14-22-42(23-15-38)52-32-36-10-16-39(49-2)17-11-36/h8-25,30H,4-7,26-29,31-33H2,1-3H3. The molecule has 0 amide bonds. The summed E-state index contributed by atoms with van der Waals surface area (Å²) in [7, 11) is 3.35. The Balaban J connectivity index is 1.11. The second-order valence-corrected chi connectivity index (χ2v) is 13.8. The minimum absolute atomic E-state index is 0.479. The van der Waals surface area contributed by atoms with Crippen molar-refractivity contribution in [1.82, 2.24) is 9.47 Å². The summed E-state index contributed by atoms with van der Waals surface area (Å²) in [5, 5.41) is 1.17. The number of hydrogen-bond donors (Lipinski definition) is 0. The average Bonchev–Trinajstić information content (AvgIpc) is 3.33. The van der Waals surface area contributed by atoms with Gasteiger partial charge >= 0.3 is 0 Å². The minimum Gasteiger partial charge on any atom is -0.497 e. The van der Waals surface area contributed by atoms with Crippen molar-refractivity contribution in [2.75, 3.05) is 40.5 Å². The molecule has 1 aliphatic heterocycles. The monoisotopic (exact) mass is 710 g/mol. The second kappa shape index (κ2) is 17.4. The maximum atomic E-state index is 6.29. The molecule has 0 radical (unpaired) electrons. The van der Waals surface area contributed by atoms with Gasteiger partial charge in [0.2, 0.25) is 0 Å². The number of aryl methyl sites for hydroxylation is 1. The molecule has 1 saturated heterocycles. The van der Waals surface area contributed by atoms with E-state index in [-0.39, 0.29) is 0 Å². The van der Waals surface area contributed by atoms with E-state index in [1.807, 2.05) is 48.5 Å². The molecule has 1 aliphatic rings. The summed E-state index contributed by atoms with van der Waals surface area (Å²) in [6.07, 6.45) is 5.29. The molecule has 274 valence electrons. The van der Waals surface area contributed by atoms with Gasteiger partial charge in [0.1, 0.15) is 48.6 Å². The topological polar surface area (TPSA) is 54.3 Å². The van der Waals surface area contributed by atoms with Gasteiger partial charge in [-0.2, -0.15) is 0 Å². The lowest BCUT2D eigenvalue weighted by Gasteiger charge is -2.19. The fraction of sp³-hybridized carbons (Fsp3) is 0.304. The number of benzene rings is 5. The number of methoxy groups -OCH3 is 2. The molecular weight excluding hydrogens is 661 g/mol. The number of aromatic nitrogens is 1. The van der Waals surface area contributed by atoms with E-state index in [0.29, 0.717) is 19.8 Å². The van der Waals surface area contributed by atoms with Gasteiger partial charge in [-0.05, 0) is 140 Å². The third-order valence-corrected chi connectivity index (χ3v) is 10.2. The Hall–Kier alpha value is -5.40. The highest BCUT2D eigenvalue weighted by molar-refractivity contribution is 5.92. The van der Waals surface area contributed by atoms with Crippen LogP contribution in [0.4, 0.5) is 0 Å². The summed E-state index contributed by atoms with van der Waals surface area (Å²) in [6.45, 7) is 7.96. The van der Waals surface area contributed by atoms with Crippen LogP contribution in [0, 0.1) is 6.92 Å². The zero-order valence-corrected chi connectivity index (χ0v) is 31.2. The zero-order valence-electron chi connectivity index (χ0n) is 31.2. The SMILES string of the molecule is COc1ccc(COc2ccc(-c3c(C)c4cc(OCc5ccc(OC)cc5)ccc4n3Cc3ccc(OCCN4CCCCCC4)cc3)cc2)cc1. The van der Waals surface area contributed by atoms with E-state index in [0.717, 1.165) is 64.0 Å². The van der Waals surface area contributed by atoms with Crippen molar-refractivity contribution in [3.63, 3.8) is 0 Å². The van der Waals surface area contributed by atoms with Crippen LogP contribution >= 0.6 is 0 Å². The summed E-state index contributed by atoms with van der Waals surface area (Å²) in [5.74, 6) is 4.25. The molecular formula is C46H50N2O5. The van der Waals surface area contributed by atoms with Crippen LogP contribution < -0.4 is 23.7 Å². The van der Waals surface area contributed by atoms with Crippen LogP contribution in [0.15, 0.2) is 115 Å². The quantitative estimate of drug-likeness (QED) is 0.106. The van der Waals surface area contributed by atoms with E-state index in [4.69, 9.17) is 23.7 Å². The van der Waals surface area contributed by atoms with Gasteiger partial charge in [-0.1, -0.05) is 49.2 Å². The van der Waals surface area contributed by atoms with E-state index in [1.54, 1.807) is 14.2 Å². The Morgan fingerprint density at radius 3 is 1.64 bits per heavy atom. The Labute approximate surface area is 313 Å². The summed E-state index contributed by atoms with van der Waals surface area (Å²) in [4.78, 5) is 2.54. The summed E-state index contributed by atoms with van der Waals surface area (Å²) >= 11 is 0. The number of hydrogen-bond acceptors (Lipinski definition) is 6. The lowest BCUT2D eigenvalue weighted by Crippen LogP contribution is -2.29. The van der Waals surface area contributed by atoms with Crippen molar-refractivity contribution in [3.05, 3.63) is 138 Å². The Kier molecular flexibility index (Phi) is 11.8. The molecule has 1 aromatic heterocycles. The molecule has 0 unspecified atom stereocenters. The van der Waals surface area contributed by atoms with Crippen molar-refractivity contribution < 1.29 is 23.7 Å². The van der Waals surface area contributed by atoms with Crippen LogP contribution in [0.3, 0.4) is 0 Å². The molecule has 7 heteroatoms. The number of fused-ring (bicyclic) bond motifs is 1. The van der Waals surface area contributed by atoms with Crippen molar-refractivity contribution in [2.24, 2.45) is 0 Å². The highest BCUT2D eigenvalue weighted by Crippen LogP contribution is 2.37. The lowest BCUT2D eigenvalue weighted by atomic mass is 10.1. The van der Waals surface area contributed by atoms with Crippen molar-refractivity contribution in [1.29, 1.82) is 0 Å². The number of rotatable bonds is 15. The molecule has 7 rings (SSSR count). The predicted molar refractivity (Wildman–Crippen MR) is 213 cm³/mol. The summed E-state index contributed by atoms with van der Waals surface area (Å²) in [5.41, 5.74) is 8.05. The van der Waals surface area contributed by atoms with Crippen LogP contribution in [0.1, 0.15) is 47.9 Å². The van der Waals surface area contributed by atoms with Gasteiger partial charge in [0.25, 0.3) is 0 Å². The van der Waals surface area contributed by atoms with Crippen LogP contribution in [-0.4, -0.2) is 49.9 Å². The predicted octanol–water partition coefficient (Wildman–Crippen LogP) is 10.1. The first kappa shape index (κ1) is 36.0. The highest BCUT2D eigenvalue weighted by atomic mass is 16.5. The van der Waals surface area contributed by atoms with E-state index < -0.39 is 0 Å². The van der Waals surface area contributed by atoms with Crippen LogP contribution in [0.5, 0.6) is 28.7 Å². The molecule has 6 aromatic rings. The first-order valence-corrected chi connectivity index (χ1v) is 18.7. The Morgan fingerprint density at radius 2 is 1.04 bits per heavy atom. The maximum Gasteiger partial charge on any atom is 0.120 e. The highest BCUT2D eigenvalue weighted by Gasteiger charge is 2.18. The molecule has 1 fully saturated rings. The van der Waals surface area contributed by atoms with Crippen molar-refractivity contribution >= 4 is 10.9 Å². The molecule has 0 bridgehead atoms. The Morgan fingerprint density at radius 1 is 0.528 bits per heavy atom. The van der Waals surface area contributed by atoms with E-state index in [2.05, 4.69) is 83.1 Å². The van der Waals surface area contributed by atoms with Gasteiger partial charge in [0.15, 0.2) is 0 Å². The normalized spacial score (nSPS) is 13.4.